The average Bonchev–Trinajstić information content (AvgIpc) is 3.37. The lowest BCUT2D eigenvalue weighted by Gasteiger charge is -2.26. The van der Waals surface area contributed by atoms with Gasteiger partial charge in [0.2, 0.25) is 0 Å². The van der Waals surface area contributed by atoms with Gasteiger partial charge in [0.25, 0.3) is 0 Å². The number of ether oxygens (including phenoxy) is 2. The molecule has 0 aliphatic carbocycles. The van der Waals surface area contributed by atoms with Crippen molar-refractivity contribution in [1.29, 1.82) is 0 Å². The molecule has 5 rings (SSSR count). The SMILES string of the molecule is COc1ccc(-c2cc(NCCN3CCCCC3)cc(OC)c2C(=O)c2csc3ccccc23)cc1. The molecule has 0 spiro atoms. The van der Waals surface area contributed by atoms with Crippen LogP contribution in [0.1, 0.15) is 35.2 Å². The number of thiophene rings is 1. The molecule has 0 unspecified atom stereocenters. The molecule has 0 bridgehead atoms. The fourth-order valence-electron chi connectivity index (χ4n) is 4.94. The summed E-state index contributed by atoms with van der Waals surface area (Å²) in [4.78, 5) is 16.5. The van der Waals surface area contributed by atoms with Gasteiger partial charge in [-0.2, -0.15) is 0 Å². The van der Waals surface area contributed by atoms with Crippen molar-refractivity contribution in [1.82, 2.24) is 4.90 Å². The minimum absolute atomic E-state index is 0.0324. The Hall–Kier alpha value is -3.35. The zero-order valence-corrected chi connectivity index (χ0v) is 21.7. The van der Waals surface area contributed by atoms with Crippen LogP contribution in [0.2, 0.25) is 0 Å². The first-order valence-corrected chi connectivity index (χ1v) is 13.4. The maximum absolute atomic E-state index is 14.0. The van der Waals surface area contributed by atoms with E-state index in [1.807, 2.05) is 60.0 Å². The summed E-state index contributed by atoms with van der Waals surface area (Å²) in [6, 6.07) is 19.9. The lowest BCUT2D eigenvalue weighted by atomic mass is 9.92. The molecule has 4 aromatic rings. The van der Waals surface area contributed by atoms with Crippen LogP contribution in [0.15, 0.2) is 66.0 Å². The highest BCUT2D eigenvalue weighted by molar-refractivity contribution is 7.17. The Labute approximate surface area is 216 Å². The summed E-state index contributed by atoms with van der Waals surface area (Å²) in [5.41, 5.74) is 4.01. The second kappa shape index (κ2) is 11.1. The largest absolute Gasteiger partial charge is 0.497 e. The molecule has 0 atom stereocenters. The monoisotopic (exact) mass is 500 g/mol. The van der Waals surface area contributed by atoms with Crippen molar-refractivity contribution in [2.24, 2.45) is 0 Å². The van der Waals surface area contributed by atoms with E-state index in [9.17, 15) is 4.79 Å². The van der Waals surface area contributed by atoms with Crippen LogP contribution in [0.4, 0.5) is 5.69 Å². The number of hydrogen-bond acceptors (Lipinski definition) is 6. The Morgan fingerprint density at radius 3 is 2.50 bits per heavy atom. The molecule has 3 aromatic carbocycles. The predicted octanol–water partition coefficient (Wildman–Crippen LogP) is 6.71. The van der Waals surface area contributed by atoms with Gasteiger partial charge in [0.15, 0.2) is 5.78 Å². The van der Waals surface area contributed by atoms with Crippen LogP contribution in [0.3, 0.4) is 0 Å². The molecule has 186 valence electrons. The Balaban J connectivity index is 1.53. The maximum Gasteiger partial charge on any atom is 0.198 e. The van der Waals surface area contributed by atoms with E-state index in [-0.39, 0.29) is 5.78 Å². The summed E-state index contributed by atoms with van der Waals surface area (Å²) in [5.74, 6) is 1.32. The predicted molar refractivity (Wildman–Crippen MR) is 149 cm³/mol. The van der Waals surface area contributed by atoms with Crippen LogP contribution in [-0.4, -0.2) is 51.1 Å². The number of nitrogens with one attached hydrogen (secondary N) is 1. The molecule has 5 nitrogen and oxygen atoms in total. The number of hydrogen-bond donors (Lipinski definition) is 1. The van der Waals surface area contributed by atoms with E-state index in [0.717, 1.165) is 45.7 Å². The molecule has 0 saturated carbocycles. The van der Waals surface area contributed by atoms with Crippen molar-refractivity contribution >= 4 is 32.9 Å². The Kier molecular flexibility index (Phi) is 7.54. The lowest BCUT2D eigenvalue weighted by Crippen LogP contribution is -2.33. The van der Waals surface area contributed by atoms with E-state index in [0.29, 0.717) is 16.9 Å². The summed E-state index contributed by atoms with van der Waals surface area (Å²) in [6.07, 6.45) is 3.90. The highest BCUT2D eigenvalue weighted by Crippen LogP contribution is 2.38. The van der Waals surface area contributed by atoms with Gasteiger partial charge in [-0.15, -0.1) is 11.3 Å². The number of nitrogens with zero attached hydrogens (tertiary/aromatic N) is 1. The zero-order chi connectivity index (χ0) is 24.9. The molecule has 6 heteroatoms. The van der Waals surface area contributed by atoms with Crippen molar-refractivity contribution in [3.8, 4) is 22.6 Å². The highest BCUT2D eigenvalue weighted by Gasteiger charge is 2.24. The first-order chi connectivity index (χ1) is 17.7. The second-order valence-corrected chi connectivity index (χ2v) is 10.0. The van der Waals surface area contributed by atoms with Crippen molar-refractivity contribution in [3.63, 3.8) is 0 Å². The number of ketones is 1. The molecule has 1 fully saturated rings. The molecule has 1 aliphatic heterocycles. The molecule has 36 heavy (non-hydrogen) atoms. The van der Waals surface area contributed by atoms with Crippen molar-refractivity contribution < 1.29 is 14.3 Å². The Morgan fingerprint density at radius 2 is 1.75 bits per heavy atom. The summed E-state index contributed by atoms with van der Waals surface area (Å²) in [5, 5.41) is 6.50. The van der Waals surface area contributed by atoms with Gasteiger partial charge in [-0.1, -0.05) is 36.8 Å². The Morgan fingerprint density at radius 1 is 0.972 bits per heavy atom. The molecular weight excluding hydrogens is 468 g/mol. The number of benzene rings is 3. The van der Waals surface area contributed by atoms with Gasteiger partial charge in [0.1, 0.15) is 11.5 Å². The van der Waals surface area contributed by atoms with Gasteiger partial charge in [0, 0.05) is 45.9 Å². The normalized spacial score (nSPS) is 14.1. The summed E-state index contributed by atoms with van der Waals surface area (Å²) in [7, 11) is 3.29. The third-order valence-electron chi connectivity index (χ3n) is 6.88. The van der Waals surface area contributed by atoms with Crippen LogP contribution >= 0.6 is 11.3 Å². The van der Waals surface area contributed by atoms with E-state index >= 15 is 0 Å². The molecule has 0 amide bonds. The van der Waals surface area contributed by atoms with Gasteiger partial charge in [-0.3, -0.25) is 4.79 Å². The molecule has 1 aliphatic rings. The van der Waals surface area contributed by atoms with Gasteiger partial charge in [0.05, 0.1) is 19.8 Å². The topological polar surface area (TPSA) is 50.8 Å². The number of anilines is 1. The van der Waals surface area contributed by atoms with E-state index in [2.05, 4.69) is 16.3 Å². The van der Waals surface area contributed by atoms with Gasteiger partial charge in [-0.25, -0.2) is 0 Å². The fraction of sp³-hybridized carbons (Fsp3) is 0.300. The number of carbonyl (C=O) groups excluding carboxylic acids is 1. The van der Waals surface area contributed by atoms with Crippen molar-refractivity contribution in [2.45, 2.75) is 19.3 Å². The summed E-state index contributed by atoms with van der Waals surface area (Å²) >= 11 is 1.59. The van der Waals surface area contributed by atoms with Gasteiger partial charge >= 0.3 is 0 Å². The number of carbonyl (C=O) groups is 1. The van der Waals surface area contributed by atoms with Crippen LogP contribution in [0.5, 0.6) is 11.5 Å². The van der Waals surface area contributed by atoms with E-state index < -0.39 is 0 Å². The van der Waals surface area contributed by atoms with Crippen LogP contribution in [0.25, 0.3) is 21.2 Å². The number of fused-ring (bicyclic) bond motifs is 1. The van der Waals surface area contributed by atoms with Crippen molar-refractivity contribution in [3.05, 3.63) is 77.2 Å². The number of likely N-dealkylation sites (tertiary alicyclic amines) is 1. The minimum atomic E-state index is -0.0324. The van der Waals surface area contributed by atoms with Crippen LogP contribution < -0.4 is 14.8 Å². The third-order valence-corrected chi connectivity index (χ3v) is 7.85. The molecule has 1 aromatic heterocycles. The Bertz CT molecular complexity index is 1340. The quantitative estimate of drug-likeness (QED) is 0.259. The second-order valence-electron chi connectivity index (χ2n) is 9.13. The van der Waals surface area contributed by atoms with Crippen LogP contribution in [0, 0.1) is 0 Å². The first-order valence-electron chi connectivity index (χ1n) is 12.5. The first kappa shape index (κ1) is 24.3. The summed E-state index contributed by atoms with van der Waals surface area (Å²) < 4.78 is 12.3. The molecule has 1 N–H and O–H groups in total. The molecule has 0 radical (unpaired) electrons. The van der Waals surface area contributed by atoms with E-state index in [4.69, 9.17) is 9.47 Å². The number of piperidine rings is 1. The van der Waals surface area contributed by atoms with E-state index in [1.54, 1.807) is 25.6 Å². The number of methoxy groups -OCH3 is 2. The maximum atomic E-state index is 14.0. The minimum Gasteiger partial charge on any atom is -0.497 e. The molecule has 1 saturated heterocycles. The third kappa shape index (κ3) is 5.11. The smallest absolute Gasteiger partial charge is 0.198 e. The number of rotatable bonds is 9. The zero-order valence-electron chi connectivity index (χ0n) is 20.9. The average molecular weight is 501 g/mol. The standard InChI is InChI=1S/C30H32N2O3S/c1-34-23-12-10-21(11-13-23)25-18-22(31-14-17-32-15-6-3-7-16-32)19-27(35-2)29(25)30(33)26-20-36-28-9-5-4-8-24(26)28/h4-5,8-13,18-20,31H,3,6-7,14-17H2,1-2H3. The molecule has 2 heterocycles. The lowest BCUT2D eigenvalue weighted by molar-refractivity contribution is 0.103. The molecular formula is C30H32N2O3S. The van der Waals surface area contributed by atoms with Gasteiger partial charge in [-0.05, 0) is 61.3 Å². The van der Waals surface area contributed by atoms with Gasteiger partial charge < -0.3 is 19.7 Å². The fourth-order valence-corrected chi connectivity index (χ4v) is 5.88. The highest BCUT2D eigenvalue weighted by atomic mass is 32.1. The van der Waals surface area contributed by atoms with E-state index in [1.165, 1.54) is 32.4 Å². The summed E-state index contributed by atoms with van der Waals surface area (Å²) in [6.45, 7) is 4.18. The van der Waals surface area contributed by atoms with Crippen LogP contribution in [-0.2, 0) is 0 Å². The van der Waals surface area contributed by atoms with Crippen molar-refractivity contribution in [2.75, 3.05) is 45.7 Å².